The van der Waals surface area contributed by atoms with Crippen molar-refractivity contribution < 1.29 is 14.3 Å². The summed E-state index contributed by atoms with van der Waals surface area (Å²) in [5.41, 5.74) is 6.48. The van der Waals surface area contributed by atoms with E-state index < -0.39 is 12.0 Å². The minimum atomic E-state index is -0.682. The van der Waals surface area contributed by atoms with Crippen molar-refractivity contribution in [1.29, 1.82) is 0 Å². The fourth-order valence-electron chi connectivity index (χ4n) is 0.770. The van der Waals surface area contributed by atoms with E-state index in [-0.39, 0.29) is 12.3 Å². The van der Waals surface area contributed by atoms with Gasteiger partial charge >= 0.3 is 6.09 Å². The van der Waals surface area contributed by atoms with Gasteiger partial charge in [0.1, 0.15) is 5.00 Å². The summed E-state index contributed by atoms with van der Waals surface area (Å²) in [5, 5.41) is 2.67. The number of nitrogens with one attached hydrogen (secondary N) is 1. The Morgan fingerprint density at radius 3 is 3.00 bits per heavy atom. The molecule has 0 saturated heterocycles. The van der Waals surface area contributed by atoms with Crippen LogP contribution in [0.1, 0.15) is 17.4 Å². The second kappa shape index (κ2) is 4.56. The van der Waals surface area contributed by atoms with Gasteiger partial charge in [0.2, 0.25) is 0 Å². The predicted octanol–water partition coefficient (Wildman–Crippen LogP) is 0.810. The van der Waals surface area contributed by atoms with Gasteiger partial charge in [0.15, 0.2) is 5.69 Å². The van der Waals surface area contributed by atoms with Crippen LogP contribution in [0.3, 0.4) is 0 Å². The molecule has 0 aliphatic rings. The molecule has 1 heterocycles. The quantitative estimate of drug-likeness (QED) is 0.780. The molecule has 0 saturated carbocycles. The van der Waals surface area contributed by atoms with E-state index in [1.807, 2.05) is 0 Å². The van der Waals surface area contributed by atoms with Crippen LogP contribution in [0, 0.1) is 0 Å². The monoisotopic (exact) mass is 215 g/mol. The molecule has 0 aliphatic carbocycles. The highest BCUT2D eigenvalue weighted by Crippen LogP contribution is 2.19. The van der Waals surface area contributed by atoms with Gasteiger partial charge in [-0.15, -0.1) is 11.3 Å². The first-order valence-electron chi connectivity index (χ1n) is 3.82. The van der Waals surface area contributed by atoms with Crippen molar-refractivity contribution in [2.75, 3.05) is 11.9 Å². The molecule has 6 nitrogen and oxygen atoms in total. The fraction of sp³-hybridized carbons (Fsp3) is 0.286. The molecule has 0 aromatic carbocycles. The second-order valence-corrected chi connectivity index (χ2v) is 3.09. The first kappa shape index (κ1) is 10.5. The number of rotatable bonds is 3. The molecule has 1 rings (SSSR count). The van der Waals surface area contributed by atoms with Crippen LogP contribution in [0.5, 0.6) is 0 Å². The van der Waals surface area contributed by atoms with Crippen LogP contribution < -0.4 is 11.1 Å². The summed E-state index contributed by atoms with van der Waals surface area (Å²) in [5.74, 6) is -0.682. The molecule has 0 fully saturated rings. The Morgan fingerprint density at radius 1 is 1.71 bits per heavy atom. The standard InChI is InChI=1S/C7H9N3O3S/c1-2-13-7(12)10-6-4(5(8)11)9-3-14-6/h3H,2H2,1H3,(H2,8,11)(H,10,12). The minimum absolute atomic E-state index is 0.0445. The van der Waals surface area contributed by atoms with E-state index in [0.717, 1.165) is 11.3 Å². The molecule has 1 aromatic heterocycles. The van der Waals surface area contributed by atoms with Gasteiger partial charge in [0.25, 0.3) is 5.91 Å². The summed E-state index contributed by atoms with van der Waals surface area (Å²) in [6.07, 6.45) is -0.626. The highest BCUT2D eigenvalue weighted by atomic mass is 32.1. The normalized spacial score (nSPS) is 9.50. The van der Waals surface area contributed by atoms with Gasteiger partial charge in [-0.1, -0.05) is 0 Å². The van der Waals surface area contributed by atoms with Crippen LogP contribution in [-0.4, -0.2) is 23.6 Å². The number of nitrogens with zero attached hydrogens (tertiary/aromatic N) is 1. The van der Waals surface area contributed by atoms with Crippen LogP contribution in [0.25, 0.3) is 0 Å². The summed E-state index contributed by atoms with van der Waals surface area (Å²) >= 11 is 1.11. The third-order valence-corrected chi connectivity index (χ3v) is 2.03. The van der Waals surface area contributed by atoms with Crippen molar-refractivity contribution in [2.24, 2.45) is 5.73 Å². The molecule has 14 heavy (non-hydrogen) atoms. The largest absolute Gasteiger partial charge is 0.450 e. The first-order chi connectivity index (χ1) is 6.65. The maximum Gasteiger partial charge on any atom is 0.412 e. The lowest BCUT2D eigenvalue weighted by atomic mass is 10.4. The number of anilines is 1. The molecule has 0 radical (unpaired) electrons. The lowest BCUT2D eigenvalue weighted by molar-refractivity contribution is 0.0997. The van der Waals surface area contributed by atoms with Crippen molar-refractivity contribution in [3.63, 3.8) is 0 Å². The lowest BCUT2D eigenvalue weighted by Crippen LogP contribution is -2.18. The first-order valence-corrected chi connectivity index (χ1v) is 4.70. The molecule has 0 spiro atoms. The van der Waals surface area contributed by atoms with Gasteiger partial charge in [0, 0.05) is 0 Å². The Morgan fingerprint density at radius 2 is 2.43 bits per heavy atom. The Bertz CT molecular complexity index is 350. The lowest BCUT2D eigenvalue weighted by Gasteiger charge is -2.02. The van der Waals surface area contributed by atoms with Crippen molar-refractivity contribution in [3.05, 3.63) is 11.2 Å². The molecular formula is C7H9N3O3S. The Kier molecular flexibility index (Phi) is 3.41. The van der Waals surface area contributed by atoms with Crippen molar-refractivity contribution >= 4 is 28.3 Å². The SMILES string of the molecule is CCOC(=O)Nc1scnc1C(N)=O. The number of aromatic nitrogens is 1. The number of nitrogens with two attached hydrogens (primary N) is 1. The van der Waals surface area contributed by atoms with E-state index in [1.165, 1.54) is 5.51 Å². The van der Waals surface area contributed by atoms with Crippen LogP contribution in [-0.2, 0) is 4.74 Å². The second-order valence-electron chi connectivity index (χ2n) is 2.24. The highest BCUT2D eigenvalue weighted by Gasteiger charge is 2.14. The number of hydrogen-bond donors (Lipinski definition) is 2. The van der Waals surface area contributed by atoms with E-state index in [2.05, 4.69) is 15.0 Å². The highest BCUT2D eigenvalue weighted by molar-refractivity contribution is 7.14. The zero-order valence-electron chi connectivity index (χ0n) is 7.44. The smallest absolute Gasteiger partial charge is 0.412 e. The van der Waals surface area contributed by atoms with Gasteiger partial charge in [-0.3, -0.25) is 10.1 Å². The van der Waals surface area contributed by atoms with Crippen molar-refractivity contribution in [1.82, 2.24) is 4.98 Å². The number of carbonyl (C=O) groups excluding carboxylic acids is 2. The molecule has 0 unspecified atom stereocenters. The van der Waals surface area contributed by atoms with Crippen LogP contribution in [0.2, 0.25) is 0 Å². The van der Waals surface area contributed by atoms with Gasteiger partial charge in [-0.2, -0.15) is 0 Å². The predicted molar refractivity (Wildman–Crippen MR) is 51.3 cm³/mol. The van der Waals surface area contributed by atoms with Gasteiger partial charge in [0.05, 0.1) is 12.1 Å². The molecule has 0 aliphatic heterocycles. The van der Waals surface area contributed by atoms with E-state index in [9.17, 15) is 9.59 Å². The van der Waals surface area contributed by atoms with Crippen LogP contribution >= 0.6 is 11.3 Å². The average molecular weight is 215 g/mol. The van der Waals surface area contributed by atoms with Crippen LogP contribution in [0.4, 0.5) is 9.80 Å². The fourth-order valence-corrected chi connectivity index (χ4v) is 1.44. The third kappa shape index (κ3) is 2.43. The number of hydrogen-bond acceptors (Lipinski definition) is 5. The zero-order valence-corrected chi connectivity index (χ0v) is 8.26. The molecular weight excluding hydrogens is 206 g/mol. The topological polar surface area (TPSA) is 94.3 Å². The molecule has 7 heteroatoms. The number of amides is 2. The minimum Gasteiger partial charge on any atom is -0.450 e. The summed E-state index contributed by atoms with van der Waals surface area (Å²) < 4.78 is 4.63. The van der Waals surface area contributed by atoms with Crippen molar-refractivity contribution in [3.8, 4) is 0 Å². The van der Waals surface area contributed by atoms with E-state index in [0.29, 0.717) is 5.00 Å². The number of primary amides is 1. The Labute approximate surface area is 84.1 Å². The average Bonchev–Trinajstić information content (AvgIpc) is 2.52. The van der Waals surface area contributed by atoms with E-state index >= 15 is 0 Å². The van der Waals surface area contributed by atoms with Gasteiger partial charge in [-0.25, -0.2) is 9.78 Å². The number of carbonyl (C=O) groups is 2. The Balaban J connectivity index is 2.71. The summed E-state index contributed by atoms with van der Waals surface area (Å²) in [6, 6.07) is 0. The van der Waals surface area contributed by atoms with E-state index in [4.69, 9.17) is 5.73 Å². The maximum atomic E-state index is 11.0. The third-order valence-electron chi connectivity index (χ3n) is 1.29. The van der Waals surface area contributed by atoms with E-state index in [1.54, 1.807) is 6.92 Å². The van der Waals surface area contributed by atoms with Gasteiger partial charge in [-0.05, 0) is 6.92 Å². The molecule has 0 bridgehead atoms. The molecule has 1 aromatic rings. The molecule has 3 N–H and O–H groups in total. The maximum absolute atomic E-state index is 11.0. The summed E-state index contributed by atoms with van der Waals surface area (Å²) in [6.45, 7) is 1.94. The molecule has 76 valence electrons. The zero-order chi connectivity index (χ0) is 10.6. The van der Waals surface area contributed by atoms with Gasteiger partial charge < -0.3 is 10.5 Å². The molecule has 0 atom stereocenters. The number of ether oxygens (including phenoxy) is 1. The summed E-state index contributed by atoms with van der Waals surface area (Å²) in [4.78, 5) is 25.5. The van der Waals surface area contributed by atoms with Crippen LogP contribution in [0.15, 0.2) is 5.51 Å². The van der Waals surface area contributed by atoms with Crippen molar-refractivity contribution in [2.45, 2.75) is 6.92 Å². The number of thiazole rings is 1. The molecule has 2 amide bonds. The summed E-state index contributed by atoms with van der Waals surface area (Å²) in [7, 11) is 0. The Hall–Kier alpha value is -1.63.